The molecule has 2 heteroatoms. The molecule has 0 fully saturated rings. The second-order valence-electron chi connectivity index (χ2n) is 2.74. The van der Waals surface area contributed by atoms with Gasteiger partial charge in [0.15, 0.2) is 0 Å². The van der Waals surface area contributed by atoms with E-state index < -0.39 is 0 Å². The fourth-order valence-corrected chi connectivity index (χ4v) is 0.548. The number of nitrogens with two attached hydrogens (primary N) is 1. The molecule has 0 spiro atoms. The topological polar surface area (TPSA) is 29.3 Å². The van der Waals surface area contributed by atoms with Crippen LogP contribution in [0.2, 0.25) is 0 Å². The highest BCUT2D eigenvalue weighted by Crippen LogP contribution is 1.91. The molecule has 0 aliphatic heterocycles. The summed E-state index contributed by atoms with van der Waals surface area (Å²) in [6.45, 7) is 5.99. The van der Waals surface area contributed by atoms with Gasteiger partial charge in [-0.3, -0.25) is 0 Å². The maximum absolute atomic E-state index is 5.29. The highest BCUT2D eigenvalue weighted by atomic mass is 15.1. The third-order valence-corrected chi connectivity index (χ3v) is 1.58. The molecular weight excluding hydrogens is 124 g/mol. The van der Waals surface area contributed by atoms with Gasteiger partial charge in [0.2, 0.25) is 0 Å². The van der Waals surface area contributed by atoms with Crippen molar-refractivity contribution in [3.8, 4) is 0 Å². The van der Waals surface area contributed by atoms with Gasteiger partial charge in [-0.25, -0.2) is 0 Å². The Hall–Kier alpha value is -0.340. The largest absolute Gasteiger partial charge is 0.327 e. The molecule has 0 saturated carbocycles. The van der Waals surface area contributed by atoms with Crippen LogP contribution >= 0.6 is 0 Å². The van der Waals surface area contributed by atoms with Crippen molar-refractivity contribution in [3.05, 3.63) is 12.2 Å². The van der Waals surface area contributed by atoms with Crippen LogP contribution in [0, 0.1) is 0 Å². The molecule has 0 aliphatic carbocycles. The molecule has 0 atom stereocenters. The molecule has 0 aliphatic rings. The van der Waals surface area contributed by atoms with Crippen LogP contribution in [0.25, 0.3) is 0 Å². The van der Waals surface area contributed by atoms with E-state index in [0.717, 1.165) is 6.54 Å². The summed E-state index contributed by atoms with van der Waals surface area (Å²) in [6, 6.07) is 0.613. The molecule has 0 heterocycles. The smallest absolute Gasteiger partial charge is 0.0163 e. The number of nitrogens with zero attached hydrogens (tertiary/aromatic N) is 1. The van der Waals surface area contributed by atoms with E-state index in [9.17, 15) is 0 Å². The molecule has 0 aromatic carbocycles. The van der Waals surface area contributed by atoms with E-state index in [4.69, 9.17) is 5.73 Å². The average molecular weight is 142 g/mol. The minimum absolute atomic E-state index is 0.613. The highest BCUT2D eigenvalue weighted by molar-refractivity contribution is 4.85. The van der Waals surface area contributed by atoms with Crippen LogP contribution in [0.5, 0.6) is 0 Å². The number of hydrogen-bond donors (Lipinski definition) is 1. The predicted octanol–water partition coefficient (Wildman–Crippen LogP) is 0.841. The summed E-state index contributed by atoms with van der Waals surface area (Å²) in [5, 5.41) is 0. The van der Waals surface area contributed by atoms with Crippen molar-refractivity contribution in [1.29, 1.82) is 0 Å². The molecule has 0 aromatic heterocycles. The maximum atomic E-state index is 5.29. The van der Waals surface area contributed by atoms with E-state index in [-0.39, 0.29) is 0 Å². The lowest BCUT2D eigenvalue weighted by Crippen LogP contribution is -2.26. The van der Waals surface area contributed by atoms with Crippen molar-refractivity contribution in [2.24, 2.45) is 5.73 Å². The standard InChI is InChI=1S/C8H18N2/c1-8(2)10(3)7-5-4-6-9/h4-5,8H,6-7,9H2,1-3H3. The van der Waals surface area contributed by atoms with Crippen molar-refractivity contribution < 1.29 is 0 Å². The van der Waals surface area contributed by atoms with Gasteiger partial charge in [-0.2, -0.15) is 0 Å². The van der Waals surface area contributed by atoms with Gasteiger partial charge in [0, 0.05) is 19.1 Å². The van der Waals surface area contributed by atoms with Gasteiger partial charge >= 0.3 is 0 Å². The molecule has 60 valence electrons. The lowest BCUT2D eigenvalue weighted by molar-refractivity contribution is 0.303. The second-order valence-corrected chi connectivity index (χ2v) is 2.74. The molecule has 2 nitrogen and oxygen atoms in total. The Kier molecular flexibility index (Phi) is 5.26. The van der Waals surface area contributed by atoms with E-state index in [1.807, 2.05) is 6.08 Å². The first-order valence-electron chi connectivity index (χ1n) is 3.73. The normalized spacial score (nSPS) is 12.2. The Morgan fingerprint density at radius 2 is 2.00 bits per heavy atom. The molecule has 0 rings (SSSR count). The first kappa shape index (κ1) is 9.66. The Morgan fingerprint density at radius 1 is 1.40 bits per heavy atom. The lowest BCUT2D eigenvalue weighted by atomic mass is 10.3. The van der Waals surface area contributed by atoms with Gasteiger partial charge in [0.05, 0.1) is 0 Å². The van der Waals surface area contributed by atoms with E-state index in [1.54, 1.807) is 0 Å². The van der Waals surface area contributed by atoms with Crippen molar-refractivity contribution in [3.63, 3.8) is 0 Å². The summed E-state index contributed by atoms with van der Waals surface area (Å²) in [5.41, 5.74) is 5.29. The molecule has 0 radical (unpaired) electrons. The van der Waals surface area contributed by atoms with Crippen molar-refractivity contribution >= 4 is 0 Å². The van der Waals surface area contributed by atoms with Crippen LogP contribution in [0.3, 0.4) is 0 Å². The van der Waals surface area contributed by atoms with Crippen LogP contribution in [-0.2, 0) is 0 Å². The van der Waals surface area contributed by atoms with Crippen LogP contribution in [-0.4, -0.2) is 31.1 Å². The monoisotopic (exact) mass is 142 g/mol. The minimum atomic E-state index is 0.613. The summed E-state index contributed by atoms with van der Waals surface area (Å²) in [5.74, 6) is 0. The quantitative estimate of drug-likeness (QED) is 0.589. The molecule has 0 saturated heterocycles. The summed E-state index contributed by atoms with van der Waals surface area (Å²) >= 11 is 0. The number of likely N-dealkylation sites (N-methyl/N-ethyl adjacent to an activating group) is 1. The summed E-state index contributed by atoms with van der Waals surface area (Å²) in [7, 11) is 2.10. The molecule has 10 heavy (non-hydrogen) atoms. The summed E-state index contributed by atoms with van der Waals surface area (Å²) in [4.78, 5) is 2.26. The summed E-state index contributed by atoms with van der Waals surface area (Å²) < 4.78 is 0. The zero-order chi connectivity index (χ0) is 7.98. The van der Waals surface area contributed by atoms with Crippen molar-refractivity contribution in [1.82, 2.24) is 4.90 Å². The Bertz CT molecular complexity index is 97.4. The Balaban J connectivity index is 3.38. The Morgan fingerprint density at radius 3 is 2.40 bits per heavy atom. The highest BCUT2D eigenvalue weighted by Gasteiger charge is 1.97. The maximum Gasteiger partial charge on any atom is 0.0163 e. The van der Waals surface area contributed by atoms with Crippen LogP contribution in [0.15, 0.2) is 12.2 Å². The molecule has 0 aromatic rings. The number of rotatable bonds is 4. The minimum Gasteiger partial charge on any atom is -0.327 e. The fourth-order valence-electron chi connectivity index (χ4n) is 0.548. The first-order chi connectivity index (χ1) is 4.68. The first-order valence-corrected chi connectivity index (χ1v) is 3.73. The SMILES string of the molecule is CC(C)N(C)CC=CCN. The molecule has 0 bridgehead atoms. The zero-order valence-electron chi connectivity index (χ0n) is 7.17. The van der Waals surface area contributed by atoms with Crippen LogP contribution < -0.4 is 5.73 Å². The van der Waals surface area contributed by atoms with E-state index in [2.05, 4.69) is 31.9 Å². The third kappa shape index (κ3) is 4.53. The number of hydrogen-bond acceptors (Lipinski definition) is 2. The average Bonchev–Trinajstić information content (AvgIpc) is 1.88. The van der Waals surface area contributed by atoms with E-state index in [0.29, 0.717) is 12.6 Å². The van der Waals surface area contributed by atoms with E-state index >= 15 is 0 Å². The van der Waals surface area contributed by atoms with Gasteiger partial charge in [-0.05, 0) is 20.9 Å². The van der Waals surface area contributed by atoms with E-state index in [1.165, 1.54) is 0 Å². The molecular formula is C8H18N2. The van der Waals surface area contributed by atoms with Gasteiger partial charge < -0.3 is 10.6 Å². The fraction of sp³-hybridized carbons (Fsp3) is 0.750. The summed E-state index contributed by atoms with van der Waals surface area (Å²) in [6.07, 6.45) is 4.08. The van der Waals surface area contributed by atoms with Crippen molar-refractivity contribution in [2.75, 3.05) is 20.1 Å². The van der Waals surface area contributed by atoms with Crippen LogP contribution in [0.4, 0.5) is 0 Å². The third-order valence-electron chi connectivity index (χ3n) is 1.58. The van der Waals surface area contributed by atoms with Crippen molar-refractivity contribution in [2.45, 2.75) is 19.9 Å². The molecule has 0 amide bonds. The lowest BCUT2D eigenvalue weighted by Gasteiger charge is -2.18. The van der Waals surface area contributed by atoms with Gasteiger partial charge in [0.1, 0.15) is 0 Å². The predicted molar refractivity (Wildman–Crippen MR) is 46.0 cm³/mol. The van der Waals surface area contributed by atoms with Crippen LogP contribution in [0.1, 0.15) is 13.8 Å². The Labute approximate surface area is 63.7 Å². The van der Waals surface area contributed by atoms with Gasteiger partial charge in [-0.15, -0.1) is 0 Å². The molecule has 2 N–H and O–H groups in total. The van der Waals surface area contributed by atoms with Gasteiger partial charge in [0.25, 0.3) is 0 Å². The van der Waals surface area contributed by atoms with Gasteiger partial charge in [-0.1, -0.05) is 12.2 Å². The zero-order valence-corrected chi connectivity index (χ0v) is 7.17. The molecule has 0 unspecified atom stereocenters. The second kappa shape index (κ2) is 5.45.